The molecule has 0 spiro atoms. The monoisotopic (exact) mass is 322 g/mol. The van der Waals surface area contributed by atoms with Crippen molar-refractivity contribution in [3.05, 3.63) is 54.4 Å². The average Bonchev–Trinajstić information content (AvgIpc) is 3.10. The molecule has 0 N–H and O–H groups in total. The van der Waals surface area contributed by atoms with Crippen LogP contribution in [0.5, 0.6) is 0 Å². The van der Waals surface area contributed by atoms with Gasteiger partial charge in [-0.2, -0.15) is 0 Å². The summed E-state index contributed by atoms with van der Waals surface area (Å²) < 4.78 is 7.41. The van der Waals surface area contributed by atoms with Crippen molar-refractivity contribution >= 4 is 28.8 Å². The van der Waals surface area contributed by atoms with E-state index in [1.54, 1.807) is 6.08 Å². The molecule has 0 saturated carbocycles. The lowest BCUT2D eigenvalue weighted by Crippen LogP contribution is -2.02. The highest BCUT2D eigenvalue weighted by atomic mass is 16.6. The molecule has 0 aliphatic carbocycles. The number of fused-ring (bicyclic) bond motifs is 1. The molecule has 0 fully saturated rings. The molecule has 2 heterocycles. The number of unbranched alkanes of at least 4 members (excludes halogenated alkanes) is 2. The van der Waals surface area contributed by atoms with Gasteiger partial charge in [-0.15, -0.1) is 6.58 Å². The molecular weight excluding hydrogens is 300 g/mol. The molecular formula is C20H22N2O2. The minimum absolute atomic E-state index is 0.350. The normalized spacial score (nSPS) is 15.8. The minimum atomic E-state index is -0.394. The molecule has 124 valence electrons. The zero-order valence-corrected chi connectivity index (χ0v) is 14.0. The van der Waals surface area contributed by atoms with Crippen molar-refractivity contribution in [3.63, 3.8) is 0 Å². The summed E-state index contributed by atoms with van der Waals surface area (Å²) in [5, 5.41) is 1.13. The van der Waals surface area contributed by atoms with E-state index < -0.39 is 5.97 Å². The maximum atomic E-state index is 12.0. The Morgan fingerprint density at radius 3 is 2.92 bits per heavy atom. The lowest BCUT2D eigenvalue weighted by Gasteiger charge is -2.03. The number of esters is 1. The van der Waals surface area contributed by atoms with Crippen LogP contribution >= 0.6 is 0 Å². The summed E-state index contributed by atoms with van der Waals surface area (Å²) in [7, 11) is 0. The van der Waals surface area contributed by atoms with Gasteiger partial charge in [-0.05, 0) is 18.6 Å². The first-order valence-corrected chi connectivity index (χ1v) is 8.43. The number of aryl methyl sites for hydroxylation is 1. The van der Waals surface area contributed by atoms with Crippen LogP contribution in [0.3, 0.4) is 0 Å². The lowest BCUT2D eigenvalue weighted by molar-refractivity contribution is -0.130. The van der Waals surface area contributed by atoms with Gasteiger partial charge in [0.2, 0.25) is 5.90 Å². The van der Waals surface area contributed by atoms with Gasteiger partial charge in [0, 0.05) is 35.6 Å². The number of ether oxygens (including phenoxy) is 1. The van der Waals surface area contributed by atoms with Crippen LogP contribution in [-0.2, 0) is 16.1 Å². The third-order valence-corrected chi connectivity index (χ3v) is 4.10. The van der Waals surface area contributed by atoms with Gasteiger partial charge in [-0.25, -0.2) is 9.79 Å². The second-order valence-corrected chi connectivity index (χ2v) is 5.92. The van der Waals surface area contributed by atoms with Crippen molar-refractivity contribution in [2.45, 2.75) is 39.2 Å². The Balaban J connectivity index is 1.96. The van der Waals surface area contributed by atoms with Crippen LogP contribution in [0.1, 0.15) is 38.2 Å². The van der Waals surface area contributed by atoms with Crippen LogP contribution in [0.25, 0.3) is 17.0 Å². The molecule has 0 bridgehead atoms. The Morgan fingerprint density at radius 2 is 2.12 bits per heavy atom. The number of hydrogen-bond donors (Lipinski definition) is 0. The summed E-state index contributed by atoms with van der Waals surface area (Å²) in [6.45, 7) is 6.82. The van der Waals surface area contributed by atoms with E-state index in [2.05, 4.69) is 41.4 Å². The number of hydrogen-bond acceptors (Lipinski definition) is 3. The smallest absolute Gasteiger partial charge is 0.363 e. The van der Waals surface area contributed by atoms with Gasteiger partial charge in [0.25, 0.3) is 0 Å². The highest BCUT2D eigenvalue weighted by Gasteiger charge is 2.22. The summed E-state index contributed by atoms with van der Waals surface area (Å²) in [4.78, 5) is 16.2. The summed E-state index contributed by atoms with van der Waals surface area (Å²) >= 11 is 0. The number of carbonyl (C=O) groups is 1. The second kappa shape index (κ2) is 7.30. The Labute approximate surface area is 142 Å². The Hall–Kier alpha value is -2.62. The first-order valence-electron chi connectivity index (χ1n) is 8.43. The fourth-order valence-electron chi connectivity index (χ4n) is 2.92. The number of benzene rings is 1. The Kier molecular flexibility index (Phi) is 4.94. The molecule has 1 aromatic heterocycles. The van der Waals surface area contributed by atoms with Gasteiger partial charge >= 0.3 is 5.97 Å². The first-order chi connectivity index (χ1) is 11.7. The van der Waals surface area contributed by atoms with E-state index in [9.17, 15) is 4.79 Å². The van der Waals surface area contributed by atoms with Crippen molar-refractivity contribution in [2.75, 3.05) is 0 Å². The molecule has 4 heteroatoms. The maximum absolute atomic E-state index is 12.0. The third kappa shape index (κ3) is 3.32. The number of carbonyl (C=O) groups excluding carboxylic acids is 1. The molecule has 1 aliphatic rings. The summed E-state index contributed by atoms with van der Waals surface area (Å²) in [5.74, 6) is 0.0163. The lowest BCUT2D eigenvalue weighted by atomic mass is 10.1. The fraction of sp³-hybridized carbons (Fsp3) is 0.300. The molecule has 0 saturated heterocycles. The number of aromatic nitrogens is 1. The molecule has 0 amide bonds. The molecule has 0 atom stereocenters. The molecule has 24 heavy (non-hydrogen) atoms. The van der Waals surface area contributed by atoms with Crippen LogP contribution in [0.15, 0.2) is 53.8 Å². The first kappa shape index (κ1) is 16.2. The molecule has 1 aromatic carbocycles. The van der Waals surface area contributed by atoms with E-state index in [-0.39, 0.29) is 0 Å². The van der Waals surface area contributed by atoms with Crippen molar-refractivity contribution < 1.29 is 9.53 Å². The molecule has 3 rings (SSSR count). The third-order valence-electron chi connectivity index (χ3n) is 4.10. The van der Waals surface area contributed by atoms with Gasteiger partial charge in [-0.1, -0.05) is 44.0 Å². The number of cyclic esters (lactones) is 1. The van der Waals surface area contributed by atoms with Gasteiger partial charge < -0.3 is 9.30 Å². The minimum Gasteiger partial charge on any atom is -0.406 e. The fourth-order valence-corrected chi connectivity index (χ4v) is 2.92. The van der Waals surface area contributed by atoms with E-state index in [4.69, 9.17) is 4.74 Å². The maximum Gasteiger partial charge on any atom is 0.363 e. The highest BCUT2D eigenvalue weighted by molar-refractivity contribution is 6.08. The molecule has 1 aliphatic heterocycles. The molecule has 2 aromatic rings. The molecule has 4 nitrogen and oxygen atoms in total. The van der Waals surface area contributed by atoms with E-state index in [1.165, 1.54) is 18.4 Å². The van der Waals surface area contributed by atoms with Crippen molar-refractivity contribution in [1.82, 2.24) is 4.57 Å². The number of para-hydroxylation sites is 1. The average molecular weight is 322 g/mol. The molecule has 0 radical (unpaired) electrons. The van der Waals surface area contributed by atoms with Crippen LogP contribution in [0.4, 0.5) is 0 Å². The van der Waals surface area contributed by atoms with Crippen molar-refractivity contribution in [2.24, 2.45) is 4.99 Å². The summed E-state index contributed by atoms with van der Waals surface area (Å²) in [6.07, 6.45) is 9.61. The van der Waals surface area contributed by atoms with Crippen LogP contribution in [-0.4, -0.2) is 16.4 Å². The van der Waals surface area contributed by atoms with Gasteiger partial charge in [0.1, 0.15) is 0 Å². The van der Waals surface area contributed by atoms with Crippen LogP contribution in [0.2, 0.25) is 0 Å². The van der Waals surface area contributed by atoms with Crippen molar-refractivity contribution in [1.29, 1.82) is 0 Å². The second-order valence-electron chi connectivity index (χ2n) is 5.92. The van der Waals surface area contributed by atoms with E-state index in [1.807, 2.05) is 18.2 Å². The number of nitrogens with zero attached hydrogens (tertiary/aromatic N) is 2. The predicted molar refractivity (Wildman–Crippen MR) is 97.8 cm³/mol. The quantitative estimate of drug-likeness (QED) is 0.321. The van der Waals surface area contributed by atoms with Crippen LogP contribution in [0, 0.1) is 0 Å². The number of rotatable bonds is 7. The summed E-state index contributed by atoms with van der Waals surface area (Å²) in [5.41, 5.74) is 2.53. The van der Waals surface area contributed by atoms with Gasteiger partial charge in [0.15, 0.2) is 5.70 Å². The van der Waals surface area contributed by atoms with Crippen molar-refractivity contribution in [3.8, 4) is 0 Å². The van der Waals surface area contributed by atoms with E-state index in [0.717, 1.165) is 23.9 Å². The zero-order chi connectivity index (χ0) is 16.9. The Bertz CT molecular complexity index is 827. The van der Waals surface area contributed by atoms with E-state index >= 15 is 0 Å². The van der Waals surface area contributed by atoms with Crippen LogP contribution < -0.4 is 0 Å². The largest absolute Gasteiger partial charge is 0.406 e. The Morgan fingerprint density at radius 1 is 1.29 bits per heavy atom. The SMILES string of the molecule is C=CCC1=NC(=Cc2cn(CCCCC)c3ccccc23)C(=O)O1. The van der Waals surface area contributed by atoms with Gasteiger partial charge in [-0.3, -0.25) is 0 Å². The topological polar surface area (TPSA) is 43.6 Å². The predicted octanol–water partition coefficient (Wildman–Crippen LogP) is 4.70. The summed E-state index contributed by atoms with van der Waals surface area (Å²) in [6, 6.07) is 8.25. The zero-order valence-electron chi connectivity index (χ0n) is 14.0. The molecule has 0 unspecified atom stereocenters. The number of aliphatic imine (C=N–C) groups is 1. The standard InChI is InChI=1S/C20H22N2O2/c1-3-5-8-12-22-14-15(16-10-6-7-11-18(16)22)13-17-20(23)24-19(21-17)9-4-2/h4,6-7,10-11,13-14H,2-3,5,8-9,12H2,1H3. The highest BCUT2D eigenvalue weighted by Crippen LogP contribution is 2.26. The van der Waals surface area contributed by atoms with E-state index in [0.29, 0.717) is 18.0 Å². The van der Waals surface area contributed by atoms with Gasteiger partial charge in [0.05, 0.1) is 0 Å².